The van der Waals surface area contributed by atoms with E-state index in [9.17, 15) is 9.90 Å². The van der Waals surface area contributed by atoms with Crippen LogP contribution in [0.25, 0.3) is 17.1 Å². The van der Waals surface area contributed by atoms with Crippen LogP contribution in [0.3, 0.4) is 0 Å². The lowest BCUT2D eigenvalue weighted by molar-refractivity contribution is -0.118. The Morgan fingerprint density at radius 3 is 2.39 bits per heavy atom. The minimum atomic E-state index is -0.252. The first-order valence-electron chi connectivity index (χ1n) is 10.3. The van der Waals surface area contributed by atoms with Crippen molar-refractivity contribution in [3.8, 4) is 22.8 Å². The predicted molar refractivity (Wildman–Crippen MR) is 131 cm³/mol. The number of carbonyl (C=O) groups is 1. The Bertz CT molecular complexity index is 1270. The third-order valence-corrected chi connectivity index (χ3v) is 5.85. The van der Waals surface area contributed by atoms with E-state index in [4.69, 9.17) is 0 Å². The van der Waals surface area contributed by atoms with Gasteiger partial charge >= 0.3 is 0 Å². The summed E-state index contributed by atoms with van der Waals surface area (Å²) in [4.78, 5) is 12.4. The minimum absolute atomic E-state index is 0.130. The Morgan fingerprint density at radius 1 is 1.00 bits per heavy atom. The van der Waals surface area contributed by atoms with Crippen molar-refractivity contribution in [3.63, 3.8) is 0 Å². The quantitative estimate of drug-likeness (QED) is 0.241. The van der Waals surface area contributed by atoms with E-state index in [2.05, 4.69) is 20.7 Å². The molecule has 0 fully saturated rings. The first-order valence-corrected chi connectivity index (χ1v) is 11.3. The van der Waals surface area contributed by atoms with Crippen LogP contribution in [0.2, 0.25) is 0 Å². The largest absolute Gasteiger partial charge is 0.508 e. The molecule has 0 radical (unpaired) electrons. The Hall–Kier alpha value is -3.91. The van der Waals surface area contributed by atoms with Gasteiger partial charge in [-0.2, -0.15) is 5.10 Å². The molecule has 7 nitrogen and oxygen atoms in total. The van der Waals surface area contributed by atoms with Crippen molar-refractivity contribution in [1.29, 1.82) is 0 Å². The lowest BCUT2D eigenvalue weighted by Crippen LogP contribution is -2.21. The Morgan fingerprint density at radius 2 is 1.70 bits per heavy atom. The summed E-state index contributed by atoms with van der Waals surface area (Å²) in [5, 5.41) is 22.9. The van der Waals surface area contributed by atoms with Gasteiger partial charge in [0.05, 0.1) is 11.5 Å². The fourth-order valence-corrected chi connectivity index (χ4v) is 3.88. The number of benzene rings is 3. The van der Waals surface area contributed by atoms with Crippen molar-refractivity contribution in [2.45, 2.75) is 19.0 Å². The molecule has 0 aliphatic heterocycles. The van der Waals surface area contributed by atoms with E-state index < -0.39 is 0 Å². The van der Waals surface area contributed by atoms with Gasteiger partial charge in [0, 0.05) is 11.3 Å². The van der Waals surface area contributed by atoms with Crippen LogP contribution in [0.5, 0.6) is 5.75 Å². The van der Waals surface area contributed by atoms with Gasteiger partial charge in [-0.15, -0.1) is 10.2 Å². The van der Waals surface area contributed by atoms with Crippen molar-refractivity contribution < 1.29 is 9.90 Å². The van der Waals surface area contributed by atoms with Gasteiger partial charge in [-0.05, 0) is 55.8 Å². The minimum Gasteiger partial charge on any atom is -0.508 e. The highest BCUT2D eigenvalue weighted by Crippen LogP contribution is 2.28. The van der Waals surface area contributed by atoms with Gasteiger partial charge in [-0.3, -0.25) is 9.36 Å². The Labute approximate surface area is 196 Å². The zero-order valence-corrected chi connectivity index (χ0v) is 19.1. The van der Waals surface area contributed by atoms with E-state index in [1.165, 1.54) is 17.3 Å². The van der Waals surface area contributed by atoms with Crippen molar-refractivity contribution in [1.82, 2.24) is 20.2 Å². The molecule has 0 aliphatic carbocycles. The third-order valence-electron chi connectivity index (χ3n) is 4.92. The molecule has 166 valence electrons. The lowest BCUT2D eigenvalue weighted by atomic mass is 10.1. The third kappa shape index (κ3) is 5.48. The van der Waals surface area contributed by atoms with Crippen LogP contribution >= 0.6 is 11.8 Å². The molecule has 0 atom stereocenters. The molecular weight excluding hydrogens is 434 g/mol. The molecule has 0 bridgehead atoms. The first kappa shape index (κ1) is 22.3. The predicted octanol–water partition coefficient (Wildman–Crippen LogP) is 4.58. The maximum Gasteiger partial charge on any atom is 0.250 e. The summed E-state index contributed by atoms with van der Waals surface area (Å²) in [5.41, 5.74) is 7.06. The summed E-state index contributed by atoms with van der Waals surface area (Å²) in [6, 6.07) is 24.6. The second kappa shape index (κ2) is 10.1. The number of hydrogen-bond donors (Lipinski definition) is 2. The maximum atomic E-state index is 12.4. The smallest absolute Gasteiger partial charge is 0.250 e. The number of carbonyl (C=O) groups excluding carboxylic acids is 1. The highest BCUT2D eigenvalue weighted by atomic mass is 32.2. The van der Waals surface area contributed by atoms with Gasteiger partial charge in [0.2, 0.25) is 0 Å². The number of nitrogens with zero attached hydrogens (tertiary/aromatic N) is 4. The van der Waals surface area contributed by atoms with Crippen molar-refractivity contribution in [2.24, 2.45) is 5.10 Å². The van der Waals surface area contributed by atoms with E-state index >= 15 is 0 Å². The molecular formula is C25H23N5O2S. The van der Waals surface area contributed by atoms with Gasteiger partial charge in [0.1, 0.15) is 5.75 Å². The monoisotopic (exact) mass is 457 g/mol. The van der Waals surface area contributed by atoms with Crippen LogP contribution in [-0.2, 0) is 4.79 Å². The number of hydrogen-bond acceptors (Lipinski definition) is 6. The zero-order chi connectivity index (χ0) is 23.2. The lowest BCUT2D eigenvalue weighted by Gasteiger charge is -2.10. The van der Waals surface area contributed by atoms with Gasteiger partial charge in [0.15, 0.2) is 11.0 Å². The van der Waals surface area contributed by atoms with Crippen molar-refractivity contribution >= 4 is 23.4 Å². The van der Waals surface area contributed by atoms with E-state index in [1.54, 1.807) is 31.2 Å². The van der Waals surface area contributed by atoms with Gasteiger partial charge < -0.3 is 5.11 Å². The number of para-hydroxylation sites is 1. The standard InChI is InChI=1S/C25H23N5O2S/c1-17-8-10-20(11-9-17)24-28-29-25(30(24)21-6-4-3-5-7-21)33-16-23(32)27-26-18(2)19-12-14-22(31)15-13-19/h3-15,31H,16H2,1-2H3,(H,27,32). The SMILES string of the molecule is CC(=NNC(=O)CSc1nnc(-c2ccc(C)cc2)n1-c1ccccc1)c1ccc(O)cc1. The molecule has 0 saturated carbocycles. The number of nitrogens with one attached hydrogen (secondary N) is 1. The molecule has 0 aliphatic rings. The summed E-state index contributed by atoms with van der Waals surface area (Å²) >= 11 is 1.29. The molecule has 1 heterocycles. The second-order valence-electron chi connectivity index (χ2n) is 7.41. The first-order chi connectivity index (χ1) is 16.0. The molecule has 1 aromatic heterocycles. The summed E-state index contributed by atoms with van der Waals surface area (Å²) in [5.74, 6) is 0.771. The number of phenols is 1. The molecule has 2 N–H and O–H groups in total. The van der Waals surface area contributed by atoms with E-state index in [0.717, 1.165) is 16.8 Å². The average Bonchev–Trinajstić information content (AvgIpc) is 3.26. The Balaban J connectivity index is 1.51. The topological polar surface area (TPSA) is 92.4 Å². The van der Waals surface area contributed by atoms with Crippen LogP contribution < -0.4 is 5.43 Å². The summed E-state index contributed by atoms with van der Waals surface area (Å²) in [7, 11) is 0. The average molecular weight is 458 g/mol. The van der Waals surface area contributed by atoms with Crippen LogP contribution in [0.15, 0.2) is 89.1 Å². The molecule has 33 heavy (non-hydrogen) atoms. The molecule has 0 unspecified atom stereocenters. The van der Waals surface area contributed by atoms with Gasteiger partial charge in [0.25, 0.3) is 5.91 Å². The summed E-state index contributed by atoms with van der Waals surface area (Å²) in [6.07, 6.45) is 0. The fraction of sp³-hybridized carbons (Fsp3) is 0.120. The van der Waals surface area contributed by atoms with Crippen LogP contribution in [0.4, 0.5) is 0 Å². The maximum absolute atomic E-state index is 12.4. The fourth-order valence-electron chi connectivity index (χ4n) is 3.14. The number of hydrazone groups is 1. The van der Waals surface area contributed by atoms with Crippen molar-refractivity contribution in [3.05, 3.63) is 90.0 Å². The van der Waals surface area contributed by atoms with Crippen LogP contribution in [-0.4, -0.2) is 37.2 Å². The van der Waals surface area contributed by atoms with Gasteiger partial charge in [-0.25, -0.2) is 5.43 Å². The number of thioether (sulfide) groups is 1. The number of phenolic OH excluding ortho intramolecular Hbond substituents is 1. The molecule has 0 saturated heterocycles. The number of aromatic hydroxyl groups is 1. The van der Waals surface area contributed by atoms with Crippen molar-refractivity contribution in [2.75, 3.05) is 5.75 Å². The highest BCUT2D eigenvalue weighted by Gasteiger charge is 2.17. The zero-order valence-electron chi connectivity index (χ0n) is 18.3. The number of aromatic nitrogens is 3. The highest BCUT2D eigenvalue weighted by molar-refractivity contribution is 7.99. The van der Waals surface area contributed by atoms with Crippen LogP contribution in [0, 0.1) is 6.92 Å². The summed E-state index contributed by atoms with van der Waals surface area (Å²) in [6.45, 7) is 3.83. The molecule has 4 rings (SSSR count). The normalized spacial score (nSPS) is 11.4. The summed E-state index contributed by atoms with van der Waals surface area (Å²) < 4.78 is 1.95. The van der Waals surface area contributed by atoms with Gasteiger partial charge in [-0.1, -0.05) is 59.8 Å². The molecule has 3 aromatic carbocycles. The molecule has 8 heteroatoms. The van der Waals surface area contributed by atoms with E-state index in [1.807, 2.05) is 66.1 Å². The second-order valence-corrected chi connectivity index (χ2v) is 8.35. The van der Waals surface area contributed by atoms with E-state index in [-0.39, 0.29) is 17.4 Å². The number of amides is 1. The number of aryl methyl sites for hydroxylation is 1. The molecule has 0 spiro atoms. The number of rotatable bonds is 7. The molecule has 1 amide bonds. The molecule has 4 aromatic rings. The van der Waals surface area contributed by atoms with E-state index in [0.29, 0.717) is 16.7 Å². The van der Waals surface area contributed by atoms with Crippen LogP contribution in [0.1, 0.15) is 18.1 Å². The Kier molecular flexibility index (Phi) is 6.85.